The van der Waals surface area contributed by atoms with Crippen molar-refractivity contribution in [3.05, 3.63) is 11.1 Å². The first-order valence-electron chi connectivity index (χ1n) is 5.99. The number of anilines is 1. The fourth-order valence-corrected chi connectivity index (χ4v) is 3.37. The van der Waals surface area contributed by atoms with Crippen molar-refractivity contribution in [2.75, 3.05) is 18.0 Å². The number of nitrogens with zero attached hydrogens (tertiary/aromatic N) is 2. The number of hydrogen-bond acceptors (Lipinski definition) is 4. The topological polar surface area (TPSA) is 36.4 Å². The predicted octanol–water partition coefficient (Wildman–Crippen LogP) is 2.23. The zero-order chi connectivity index (χ0) is 11.3. The summed E-state index contributed by atoms with van der Waals surface area (Å²) in [5.41, 5.74) is 0.226. The third-order valence-corrected chi connectivity index (χ3v) is 5.21. The van der Waals surface area contributed by atoms with Crippen molar-refractivity contribution in [2.24, 2.45) is 5.41 Å². The van der Waals surface area contributed by atoms with Crippen molar-refractivity contribution in [1.82, 2.24) is 4.98 Å². The highest BCUT2D eigenvalue weighted by atomic mass is 32.1. The highest BCUT2D eigenvalue weighted by Gasteiger charge is 2.55. The van der Waals surface area contributed by atoms with Gasteiger partial charge in [0.25, 0.3) is 0 Å². The van der Waals surface area contributed by atoms with E-state index in [0.717, 1.165) is 18.2 Å². The van der Waals surface area contributed by atoms with Crippen molar-refractivity contribution < 1.29 is 5.11 Å². The Kier molecular flexibility index (Phi) is 2.27. The average Bonchev–Trinajstić information content (AvgIpc) is 2.74. The summed E-state index contributed by atoms with van der Waals surface area (Å²) < 4.78 is 0. The Hall–Kier alpha value is -0.610. The normalized spacial score (nSPS) is 27.0. The molecule has 1 aliphatic carbocycles. The molecule has 3 rings (SSSR count). The van der Waals surface area contributed by atoms with Gasteiger partial charge in [0, 0.05) is 29.6 Å². The van der Waals surface area contributed by atoms with Gasteiger partial charge < -0.3 is 10.0 Å². The molecule has 1 saturated heterocycles. The minimum Gasteiger partial charge on any atom is -0.391 e. The van der Waals surface area contributed by atoms with Crippen molar-refractivity contribution in [3.63, 3.8) is 0 Å². The van der Waals surface area contributed by atoms with Crippen LogP contribution in [0.4, 0.5) is 5.13 Å². The lowest BCUT2D eigenvalue weighted by Crippen LogP contribution is -2.20. The first-order chi connectivity index (χ1) is 7.61. The molecule has 1 atom stereocenters. The number of rotatable bonds is 2. The summed E-state index contributed by atoms with van der Waals surface area (Å²) in [5.74, 6) is 0.550. The average molecular weight is 238 g/mol. The molecule has 1 aromatic heterocycles. The van der Waals surface area contributed by atoms with Crippen LogP contribution in [0.5, 0.6) is 0 Å². The molecule has 0 bridgehead atoms. The van der Waals surface area contributed by atoms with Gasteiger partial charge in [-0.1, -0.05) is 13.8 Å². The van der Waals surface area contributed by atoms with Crippen LogP contribution in [-0.4, -0.2) is 29.3 Å². The van der Waals surface area contributed by atoms with Crippen LogP contribution in [0.25, 0.3) is 0 Å². The molecular formula is C12H18N2OS. The van der Waals surface area contributed by atoms with Crippen molar-refractivity contribution in [3.8, 4) is 0 Å². The summed E-state index contributed by atoms with van der Waals surface area (Å²) in [4.78, 5) is 8.07. The second-order valence-corrected chi connectivity index (χ2v) is 6.50. The van der Waals surface area contributed by atoms with Gasteiger partial charge >= 0.3 is 0 Å². The zero-order valence-corrected chi connectivity index (χ0v) is 10.6. The van der Waals surface area contributed by atoms with E-state index in [4.69, 9.17) is 0 Å². The van der Waals surface area contributed by atoms with Crippen LogP contribution in [0.1, 0.15) is 37.5 Å². The van der Waals surface area contributed by atoms with E-state index in [2.05, 4.69) is 23.7 Å². The molecule has 4 heteroatoms. The maximum Gasteiger partial charge on any atom is 0.185 e. The molecule has 0 radical (unpaired) electrons. The first-order valence-corrected chi connectivity index (χ1v) is 6.81. The molecule has 1 aromatic rings. The van der Waals surface area contributed by atoms with Crippen LogP contribution < -0.4 is 4.90 Å². The third-order valence-electron chi connectivity index (χ3n) is 3.85. The monoisotopic (exact) mass is 238 g/mol. The maximum atomic E-state index is 10.0. The Balaban J connectivity index is 1.78. The van der Waals surface area contributed by atoms with E-state index in [1.165, 1.54) is 17.7 Å². The van der Waals surface area contributed by atoms with Gasteiger partial charge in [0.05, 0.1) is 6.10 Å². The van der Waals surface area contributed by atoms with Crippen molar-refractivity contribution in [2.45, 2.75) is 38.7 Å². The first kappa shape index (κ1) is 10.5. The summed E-state index contributed by atoms with van der Waals surface area (Å²) in [6.45, 7) is 6.15. The Morgan fingerprint density at radius 2 is 2.31 bits per heavy atom. The number of thiazole rings is 1. The standard InChI is InChI=1S/C12H18N2OS/c1-8(2)9-5-13-11(16-9)14-6-10(15)12(7-14)3-4-12/h5,8,10,15H,3-4,6-7H2,1-2H3. The summed E-state index contributed by atoms with van der Waals surface area (Å²) in [6.07, 6.45) is 4.22. The second kappa shape index (κ2) is 3.44. The summed E-state index contributed by atoms with van der Waals surface area (Å²) in [6, 6.07) is 0. The summed E-state index contributed by atoms with van der Waals surface area (Å²) in [5, 5.41) is 11.1. The zero-order valence-electron chi connectivity index (χ0n) is 9.81. The Morgan fingerprint density at radius 3 is 2.81 bits per heavy atom. The summed E-state index contributed by atoms with van der Waals surface area (Å²) >= 11 is 1.77. The van der Waals surface area contributed by atoms with E-state index in [1.54, 1.807) is 11.3 Å². The quantitative estimate of drug-likeness (QED) is 0.858. The molecule has 2 heterocycles. The number of hydrogen-bond donors (Lipinski definition) is 1. The van der Waals surface area contributed by atoms with Gasteiger partial charge in [0.15, 0.2) is 5.13 Å². The van der Waals surface area contributed by atoms with Gasteiger partial charge in [-0.25, -0.2) is 4.98 Å². The Morgan fingerprint density at radius 1 is 1.56 bits per heavy atom. The van der Waals surface area contributed by atoms with Crippen LogP contribution in [0.3, 0.4) is 0 Å². The van der Waals surface area contributed by atoms with Gasteiger partial charge in [0.1, 0.15) is 0 Å². The van der Waals surface area contributed by atoms with Gasteiger partial charge in [-0.3, -0.25) is 0 Å². The van der Waals surface area contributed by atoms with E-state index in [-0.39, 0.29) is 11.5 Å². The van der Waals surface area contributed by atoms with E-state index < -0.39 is 0 Å². The molecule has 1 N–H and O–H groups in total. The van der Waals surface area contributed by atoms with Crippen LogP contribution in [-0.2, 0) is 0 Å². The lowest BCUT2D eigenvalue weighted by molar-refractivity contribution is 0.136. The SMILES string of the molecule is CC(C)c1cnc(N2CC(O)C3(CC3)C2)s1. The number of aliphatic hydroxyl groups excluding tert-OH is 1. The van der Waals surface area contributed by atoms with Crippen molar-refractivity contribution >= 4 is 16.5 Å². The highest BCUT2D eigenvalue weighted by molar-refractivity contribution is 7.15. The third kappa shape index (κ3) is 1.55. The molecule has 0 aromatic carbocycles. The van der Waals surface area contributed by atoms with E-state index in [1.807, 2.05) is 6.20 Å². The lowest BCUT2D eigenvalue weighted by atomic mass is 10.0. The molecule has 3 nitrogen and oxygen atoms in total. The number of β-amino-alcohol motifs (C(OH)–C–C–N with tert-alkyl or cyclic N) is 1. The van der Waals surface area contributed by atoms with Gasteiger partial charge in [0.2, 0.25) is 0 Å². The fourth-order valence-electron chi connectivity index (χ4n) is 2.44. The van der Waals surface area contributed by atoms with Gasteiger partial charge in [-0.05, 0) is 18.8 Å². The van der Waals surface area contributed by atoms with Crippen LogP contribution in [0.2, 0.25) is 0 Å². The molecule has 1 spiro atoms. The Bertz CT molecular complexity index is 397. The molecule has 1 aliphatic heterocycles. The molecule has 0 amide bonds. The molecule has 1 saturated carbocycles. The lowest BCUT2D eigenvalue weighted by Gasteiger charge is -2.13. The fraction of sp³-hybridized carbons (Fsp3) is 0.750. The smallest absolute Gasteiger partial charge is 0.185 e. The van der Waals surface area contributed by atoms with E-state index in [0.29, 0.717) is 5.92 Å². The van der Waals surface area contributed by atoms with Crippen molar-refractivity contribution in [1.29, 1.82) is 0 Å². The van der Waals surface area contributed by atoms with E-state index in [9.17, 15) is 5.11 Å². The number of aliphatic hydroxyl groups is 1. The molecule has 1 unspecified atom stereocenters. The molecule has 2 aliphatic rings. The largest absolute Gasteiger partial charge is 0.391 e. The summed E-state index contributed by atoms with van der Waals surface area (Å²) in [7, 11) is 0. The minimum atomic E-state index is -0.140. The molecule has 2 fully saturated rings. The number of aromatic nitrogens is 1. The predicted molar refractivity (Wildman–Crippen MR) is 66.1 cm³/mol. The molecule has 16 heavy (non-hydrogen) atoms. The van der Waals surface area contributed by atoms with Gasteiger partial charge in [-0.2, -0.15) is 0 Å². The van der Waals surface area contributed by atoms with E-state index >= 15 is 0 Å². The Labute approximate surface area is 100 Å². The second-order valence-electron chi connectivity index (χ2n) is 5.46. The molecular weight excluding hydrogens is 220 g/mol. The maximum absolute atomic E-state index is 10.0. The van der Waals surface area contributed by atoms with Crippen LogP contribution in [0.15, 0.2) is 6.20 Å². The molecule has 88 valence electrons. The highest BCUT2D eigenvalue weighted by Crippen LogP contribution is 2.53. The van der Waals surface area contributed by atoms with Crippen LogP contribution in [0, 0.1) is 5.41 Å². The van der Waals surface area contributed by atoms with Crippen LogP contribution >= 0.6 is 11.3 Å². The van der Waals surface area contributed by atoms with Gasteiger partial charge in [-0.15, -0.1) is 11.3 Å². The minimum absolute atomic E-state index is 0.140.